The van der Waals surface area contributed by atoms with Crippen LogP contribution in [0.25, 0.3) is 72.1 Å². The van der Waals surface area contributed by atoms with Gasteiger partial charge in [0.2, 0.25) is 5.69 Å². The molecular formula is C48H41N3OSi+2. The summed E-state index contributed by atoms with van der Waals surface area (Å²) in [6, 6.07) is 46.5. The van der Waals surface area contributed by atoms with Crippen molar-refractivity contribution < 1.29 is 14.9 Å². The minimum Gasteiger partial charge on any atom is -0.455 e. The first-order valence-electron chi connectivity index (χ1n) is 19.2. The smallest absolute Gasteiger partial charge is 0.364 e. The first-order chi connectivity index (χ1) is 26.0. The van der Waals surface area contributed by atoms with Crippen molar-refractivity contribution in [1.29, 1.82) is 0 Å². The number of hydrogen-bond acceptors (Lipinski definition) is 1. The van der Waals surface area contributed by atoms with Gasteiger partial charge in [0.25, 0.3) is 0 Å². The standard InChI is InChI=1S/C48H41N3OSi/c1-29(2)36-27-40-34-20-12-14-22-37(34)48(49(40)28-42(36)53(4,5)6)38-26-30(3)43-35-21-13-15-23-41(35)52-46(43)44(38)47-50(32-17-8-7-9-18-32)45-33-19-11-10-16-31(33)24-25-39(45)51(47)48/h7-29H,1-6H3/q+2/i29D. The van der Waals surface area contributed by atoms with Crippen molar-refractivity contribution in [3.8, 4) is 28.3 Å². The van der Waals surface area contributed by atoms with E-state index in [-0.39, 0.29) is 0 Å². The van der Waals surface area contributed by atoms with E-state index < -0.39 is 19.6 Å². The summed E-state index contributed by atoms with van der Waals surface area (Å²) in [6.45, 7) is 13.6. The van der Waals surface area contributed by atoms with E-state index in [0.29, 0.717) is 0 Å². The van der Waals surface area contributed by atoms with Crippen LogP contribution >= 0.6 is 0 Å². The van der Waals surface area contributed by atoms with Crippen molar-refractivity contribution in [2.45, 2.75) is 52.0 Å². The van der Waals surface area contributed by atoms with Gasteiger partial charge in [-0.05, 0) is 83.9 Å². The number of para-hydroxylation sites is 2. The van der Waals surface area contributed by atoms with Gasteiger partial charge >= 0.3 is 11.5 Å². The van der Waals surface area contributed by atoms with Crippen LogP contribution in [-0.2, 0) is 5.66 Å². The zero-order valence-electron chi connectivity index (χ0n) is 32.0. The summed E-state index contributed by atoms with van der Waals surface area (Å²) in [5, 5.41) is 6.02. The van der Waals surface area contributed by atoms with Crippen LogP contribution in [0.4, 0.5) is 0 Å². The maximum absolute atomic E-state index is 9.42. The van der Waals surface area contributed by atoms with Gasteiger partial charge in [-0.15, -0.1) is 9.13 Å². The van der Waals surface area contributed by atoms with Crippen LogP contribution in [0.15, 0.2) is 138 Å². The molecule has 0 bridgehead atoms. The predicted molar refractivity (Wildman–Crippen MR) is 219 cm³/mol. The second-order valence-electron chi connectivity index (χ2n) is 16.2. The summed E-state index contributed by atoms with van der Waals surface area (Å²) in [6.07, 6.45) is 2.45. The van der Waals surface area contributed by atoms with Gasteiger partial charge in [-0.2, -0.15) is 4.57 Å². The Hall–Kier alpha value is -5.78. The average Bonchev–Trinajstić information content (AvgIpc) is 3.88. The molecule has 0 N–H and O–H groups in total. The van der Waals surface area contributed by atoms with Crippen LogP contribution in [0.5, 0.6) is 0 Å². The summed E-state index contributed by atoms with van der Waals surface area (Å²) >= 11 is 0. The van der Waals surface area contributed by atoms with E-state index in [1.165, 1.54) is 43.7 Å². The van der Waals surface area contributed by atoms with Crippen LogP contribution in [0.1, 0.15) is 43.4 Å². The van der Waals surface area contributed by atoms with E-state index in [1.54, 1.807) is 0 Å². The Kier molecular flexibility index (Phi) is 5.85. The van der Waals surface area contributed by atoms with Gasteiger partial charge in [-0.3, -0.25) is 0 Å². The molecule has 0 amide bonds. The highest BCUT2D eigenvalue weighted by molar-refractivity contribution is 6.89. The zero-order valence-corrected chi connectivity index (χ0v) is 32.0. The molecule has 11 rings (SSSR count). The number of furan rings is 1. The van der Waals surface area contributed by atoms with Crippen molar-refractivity contribution in [2.24, 2.45) is 0 Å². The summed E-state index contributed by atoms with van der Waals surface area (Å²) in [5.41, 5.74) is 12.7. The first kappa shape index (κ1) is 29.8. The maximum atomic E-state index is 9.42. The number of rotatable bonds is 3. The molecule has 4 nitrogen and oxygen atoms in total. The third kappa shape index (κ3) is 3.80. The van der Waals surface area contributed by atoms with Crippen molar-refractivity contribution in [1.82, 2.24) is 4.57 Å². The van der Waals surface area contributed by atoms with Crippen LogP contribution in [0.2, 0.25) is 19.6 Å². The van der Waals surface area contributed by atoms with Gasteiger partial charge in [0.1, 0.15) is 16.8 Å². The Morgan fingerprint density at radius 1 is 0.774 bits per heavy atom. The third-order valence-electron chi connectivity index (χ3n) is 11.9. The summed E-state index contributed by atoms with van der Waals surface area (Å²) in [5.74, 6) is 0.336. The zero-order chi connectivity index (χ0) is 36.9. The lowest BCUT2D eigenvalue weighted by molar-refractivity contribution is -0.944. The molecule has 0 fully saturated rings. The number of benzene rings is 6. The fraction of sp³-hybridized carbons (Fsp3) is 0.167. The molecular weight excluding hydrogens is 663 g/mol. The minimum atomic E-state index is -1.97. The number of imidazole rings is 1. The molecule has 5 heterocycles. The molecule has 9 aromatic rings. The Morgan fingerprint density at radius 3 is 2.28 bits per heavy atom. The summed E-state index contributed by atoms with van der Waals surface area (Å²) in [7, 11) is -1.97. The summed E-state index contributed by atoms with van der Waals surface area (Å²) < 4.78 is 24.2. The monoisotopic (exact) mass is 704 g/mol. The molecule has 2 aliphatic rings. The SMILES string of the molecule is [2H]C(C)(C)c1cc2[n+](cc1[Si](C)(C)C)C1(c3ccccc3-2)c2cc(C)c3c(oc4ccccc43)c2-c2n(-c3ccccc3)c3c4ccccc4ccc3[n+]21. The molecule has 0 radical (unpaired) electrons. The molecule has 0 saturated carbocycles. The van der Waals surface area contributed by atoms with E-state index in [0.717, 1.165) is 55.8 Å². The predicted octanol–water partition coefficient (Wildman–Crippen LogP) is 10.5. The second kappa shape index (κ2) is 10.4. The number of fused-ring (bicyclic) bond motifs is 18. The molecule has 53 heavy (non-hydrogen) atoms. The highest BCUT2D eigenvalue weighted by atomic mass is 28.3. The lowest BCUT2D eigenvalue weighted by Gasteiger charge is -2.25. The first-order valence-corrected chi connectivity index (χ1v) is 22.2. The fourth-order valence-electron chi connectivity index (χ4n) is 9.75. The molecule has 1 atom stereocenters. The van der Waals surface area contributed by atoms with E-state index in [4.69, 9.17) is 4.42 Å². The van der Waals surface area contributed by atoms with Crippen LogP contribution in [-0.4, -0.2) is 12.6 Å². The quantitative estimate of drug-likeness (QED) is 0.133. The Labute approximate surface area is 311 Å². The molecule has 5 heteroatoms. The number of nitrogens with zero attached hydrogens (tertiary/aromatic N) is 3. The highest BCUT2D eigenvalue weighted by Crippen LogP contribution is 2.53. The van der Waals surface area contributed by atoms with Gasteiger partial charge in [0, 0.05) is 28.8 Å². The molecule has 0 aliphatic carbocycles. The van der Waals surface area contributed by atoms with Crippen molar-refractivity contribution in [2.75, 3.05) is 0 Å². The fourth-order valence-corrected chi connectivity index (χ4v) is 11.4. The van der Waals surface area contributed by atoms with Crippen LogP contribution < -0.4 is 14.3 Å². The molecule has 6 aromatic carbocycles. The van der Waals surface area contributed by atoms with Gasteiger partial charge in [-0.25, -0.2) is 0 Å². The van der Waals surface area contributed by atoms with Crippen molar-refractivity contribution in [3.05, 3.63) is 156 Å². The van der Waals surface area contributed by atoms with Crippen molar-refractivity contribution in [3.63, 3.8) is 0 Å². The minimum absolute atomic E-state index is 0.763. The van der Waals surface area contributed by atoms with E-state index in [2.05, 4.69) is 174 Å². The van der Waals surface area contributed by atoms with Gasteiger partial charge < -0.3 is 4.42 Å². The van der Waals surface area contributed by atoms with Crippen LogP contribution in [0.3, 0.4) is 0 Å². The van der Waals surface area contributed by atoms with Gasteiger partial charge in [0.15, 0.2) is 22.8 Å². The van der Waals surface area contributed by atoms with Gasteiger partial charge in [0.05, 0.1) is 24.8 Å². The molecule has 2 aliphatic heterocycles. The lowest BCUT2D eigenvalue weighted by Crippen LogP contribution is -2.72. The van der Waals surface area contributed by atoms with Gasteiger partial charge in [-0.1, -0.05) is 100 Å². The number of hydrogen-bond donors (Lipinski definition) is 0. The van der Waals surface area contributed by atoms with E-state index >= 15 is 0 Å². The lowest BCUT2D eigenvalue weighted by atomic mass is 9.87. The Morgan fingerprint density at radius 2 is 1.49 bits per heavy atom. The largest absolute Gasteiger partial charge is 0.455 e. The molecule has 3 aromatic heterocycles. The van der Waals surface area contributed by atoms with E-state index in [9.17, 15) is 1.37 Å². The summed E-state index contributed by atoms with van der Waals surface area (Å²) in [4.78, 5) is 0. The topological polar surface area (TPSA) is 25.8 Å². The maximum Gasteiger partial charge on any atom is 0.364 e. The van der Waals surface area contributed by atoms with Crippen molar-refractivity contribution >= 4 is 57.0 Å². The molecule has 1 spiro atoms. The number of pyridine rings is 1. The Bertz CT molecular complexity index is 3090. The number of aryl methyl sites for hydroxylation is 1. The third-order valence-corrected chi connectivity index (χ3v) is 13.9. The molecule has 256 valence electrons. The normalized spacial score (nSPS) is 16.5. The van der Waals surface area contributed by atoms with Crippen LogP contribution in [0, 0.1) is 6.92 Å². The average molecular weight is 705 g/mol. The molecule has 0 saturated heterocycles. The van der Waals surface area contributed by atoms with E-state index in [1.807, 2.05) is 13.8 Å². The second-order valence-corrected chi connectivity index (χ2v) is 21.3. The molecule has 1 unspecified atom stereocenters. The Balaban J connectivity index is 1.45. The number of aromatic nitrogens is 3. The highest BCUT2D eigenvalue weighted by Gasteiger charge is 2.67.